The van der Waals surface area contributed by atoms with Crippen LogP contribution in [0.2, 0.25) is 0 Å². The molecule has 0 aliphatic rings. The first-order chi connectivity index (χ1) is 11.1. The molecule has 23 heavy (non-hydrogen) atoms. The molecular formula is C18H15BrN2OS. The Labute approximate surface area is 147 Å². The number of aryl methyl sites for hydroxylation is 1. The Balaban J connectivity index is 1.72. The van der Waals surface area contributed by atoms with Crippen molar-refractivity contribution < 1.29 is 4.79 Å². The molecule has 2 aromatic carbocycles. The fraction of sp³-hybridized carbons (Fsp3) is 0.111. The SMILES string of the molecule is Cc1ccsc1/C=N/NC(=O)Cc1ccc(Br)c2ccccc12. The maximum atomic E-state index is 12.1. The zero-order chi connectivity index (χ0) is 16.2. The van der Waals surface area contributed by atoms with Gasteiger partial charge in [0.25, 0.3) is 0 Å². The number of hydrazone groups is 1. The van der Waals surface area contributed by atoms with Gasteiger partial charge in [-0.2, -0.15) is 5.10 Å². The molecule has 5 heteroatoms. The summed E-state index contributed by atoms with van der Waals surface area (Å²) in [6.45, 7) is 2.02. The molecule has 0 aliphatic heterocycles. The molecule has 1 heterocycles. The average Bonchev–Trinajstić information content (AvgIpc) is 2.96. The number of rotatable bonds is 4. The minimum absolute atomic E-state index is 0.122. The molecule has 0 atom stereocenters. The number of thiophene rings is 1. The summed E-state index contributed by atoms with van der Waals surface area (Å²) < 4.78 is 1.03. The fourth-order valence-corrected chi connectivity index (χ4v) is 3.64. The summed E-state index contributed by atoms with van der Waals surface area (Å²) in [6.07, 6.45) is 1.99. The molecule has 1 N–H and O–H groups in total. The number of hydrogen-bond acceptors (Lipinski definition) is 3. The van der Waals surface area contributed by atoms with Crippen molar-refractivity contribution in [1.82, 2.24) is 5.43 Å². The topological polar surface area (TPSA) is 41.5 Å². The second-order valence-electron chi connectivity index (χ2n) is 5.19. The van der Waals surface area contributed by atoms with E-state index in [4.69, 9.17) is 0 Å². The fourth-order valence-electron chi connectivity index (χ4n) is 2.37. The Morgan fingerprint density at radius 2 is 2.00 bits per heavy atom. The molecule has 1 amide bonds. The quantitative estimate of drug-likeness (QED) is 0.513. The molecule has 0 aliphatic carbocycles. The van der Waals surface area contributed by atoms with Gasteiger partial charge in [-0.05, 0) is 46.3 Å². The molecule has 0 spiro atoms. The highest BCUT2D eigenvalue weighted by molar-refractivity contribution is 9.10. The van der Waals surface area contributed by atoms with Crippen LogP contribution < -0.4 is 5.43 Å². The van der Waals surface area contributed by atoms with Gasteiger partial charge in [-0.3, -0.25) is 4.79 Å². The molecule has 1 aromatic heterocycles. The Hall–Kier alpha value is -1.98. The predicted molar refractivity (Wildman–Crippen MR) is 100 cm³/mol. The highest BCUT2D eigenvalue weighted by Crippen LogP contribution is 2.27. The first-order valence-electron chi connectivity index (χ1n) is 7.17. The molecule has 0 fully saturated rings. The van der Waals surface area contributed by atoms with Gasteiger partial charge in [0.2, 0.25) is 5.91 Å². The minimum atomic E-state index is -0.122. The number of nitrogens with zero attached hydrogens (tertiary/aromatic N) is 1. The number of nitrogens with one attached hydrogen (secondary N) is 1. The maximum Gasteiger partial charge on any atom is 0.244 e. The van der Waals surface area contributed by atoms with Crippen molar-refractivity contribution in [3.05, 3.63) is 68.3 Å². The van der Waals surface area contributed by atoms with Gasteiger partial charge in [0, 0.05) is 9.35 Å². The zero-order valence-corrected chi connectivity index (χ0v) is 14.9. The monoisotopic (exact) mass is 386 g/mol. The number of amides is 1. The lowest BCUT2D eigenvalue weighted by Gasteiger charge is -2.07. The standard InChI is InChI=1S/C18H15BrN2OS/c1-12-8-9-23-17(12)11-20-21-18(22)10-13-6-7-16(19)15-5-3-2-4-14(13)15/h2-9,11H,10H2,1H3,(H,21,22)/b20-11+. The maximum absolute atomic E-state index is 12.1. The van der Waals surface area contributed by atoms with Crippen molar-refractivity contribution in [3.63, 3.8) is 0 Å². The van der Waals surface area contributed by atoms with Crippen LogP contribution in [-0.4, -0.2) is 12.1 Å². The van der Waals surface area contributed by atoms with Crippen LogP contribution in [0.15, 0.2) is 57.4 Å². The Morgan fingerprint density at radius 3 is 2.74 bits per heavy atom. The lowest BCUT2D eigenvalue weighted by Crippen LogP contribution is -2.19. The third-order valence-electron chi connectivity index (χ3n) is 3.58. The summed E-state index contributed by atoms with van der Waals surface area (Å²) in [7, 11) is 0. The van der Waals surface area contributed by atoms with E-state index in [0.717, 1.165) is 31.2 Å². The number of benzene rings is 2. The van der Waals surface area contributed by atoms with E-state index in [2.05, 4.69) is 26.5 Å². The van der Waals surface area contributed by atoms with Gasteiger partial charge >= 0.3 is 0 Å². The highest BCUT2D eigenvalue weighted by Gasteiger charge is 2.08. The van der Waals surface area contributed by atoms with E-state index in [-0.39, 0.29) is 5.91 Å². The van der Waals surface area contributed by atoms with Crippen LogP contribution in [0.5, 0.6) is 0 Å². The van der Waals surface area contributed by atoms with Crippen molar-refractivity contribution in [1.29, 1.82) is 0 Å². The van der Waals surface area contributed by atoms with Gasteiger partial charge in [-0.15, -0.1) is 11.3 Å². The average molecular weight is 387 g/mol. The molecule has 0 unspecified atom stereocenters. The second-order valence-corrected chi connectivity index (χ2v) is 6.99. The Bertz CT molecular complexity index is 886. The van der Waals surface area contributed by atoms with E-state index in [1.54, 1.807) is 17.6 Å². The van der Waals surface area contributed by atoms with Gasteiger partial charge in [-0.1, -0.05) is 46.3 Å². The van der Waals surface area contributed by atoms with Crippen LogP contribution in [0.3, 0.4) is 0 Å². The zero-order valence-electron chi connectivity index (χ0n) is 12.5. The number of hydrogen-bond donors (Lipinski definition) is 1. The lowest BCUT2D eigenvalue weighted by atomic mass is 10.0. The molecular weight excluding hydrogens is 372 g/mol. The summed E-state index contributed by atoms with van der Waals surface area (Å²) in [4.78, 5) is 13.2. The molecule has 0 saturated heterocycles. The summed E-state index contributed by atoms with van der Waals surface area (Å²) in [6, 6.07) is 14.0. The van der Waals surface area contributed by atoms with Crippen molar-refractivity contribution in [2.24, 2.45) is 5.10 Å². The normalized spacial score (nSPS) is 11.2. The third-order valence-corrected chi connectivity index (χ3v) is 5.23. The molecule has 3 nitrogen and oxygen atoms in total. The van der Waals surface area contributed by atoms with Crippen molar-refractivity contribution in [2.75, 3.05) is 0 Å². The van der Waals surface area contributed by atoms with E-state index in [0.29, 0.717) is 6.42 Å². The summed E-state index contributed by atoms with van der Waals surface area (Å²) in [5.41, 5.74) is 4.75. The van der Waals surface area contributed by atoms with Gasteiger partial charge < -0.3 is 0 Å². The molecule has 3 aromatic rings. The largest absolute Gasteiger partial charge is 0.273 e. The van der Waals surface area contributed by atoms with Crippen LogP contribution in [0, 0.1) is 6.92 Å². The van der Waals surface area contributed by atoms with Crippen LogP contribution in [0.4, 0.5) is 0 Å². The van der Waals surface area contributed by atoms with Gasteiger partial charge in [0.05, 0.1) is 12.6 Å². The van der Waals surface area contributed by atoms with E-state index in [1.807, 2.05) is 54.8 Å². The van der Waals surface area contributed by atoms with Gasteiger partial charge in [0.1, 0.15) is 0 Å². The first kappa shape index (κ1) is 15.9. The van der Waals surface area contributed by atoms with E-state index in [9.17, 15) is 4.79 Å². The molecule has 116 valence electrons. The van der Waals surface area contributed by atoms with Crippen LogP contribution in [0.25, 0.3) is 10.8 Å². The van der Waals surface area contributed by atoms with Gasteiger partial charge in [-0.25, -0.2) is 5.43 Å². The van der Waals surface area contributed by atoms with Crippen LogP contribution in [0.1, 0.15) is 16.0 Å². The van der Waals surface area contributed by atoms with Crippen molar-refractivity contribution in [2.45, 2.75) is 13.3 Å². The summed E-state index contributed by atoms with van der Waals surface area (Å²) in [5.74, 6) is -0.122. The number of carbonyl (C=O) groups excluding carboxylic acids is 1. The highest BCUT2D eigenvalue weighted by atomic mass is 79.9. The van der Waals surface area contributed by atoms with E-state index in [1.165, 1.54) is 0 Å². The van der Waals surface area contributed by atoms with E-state index < -0.39 is 0 Å². The molecule has 0 bridgehead atoms. The first-order valence-corrected chi connectivity index (χ1v) is 8.84. The van der Waals surface area contributed by atoms with Crippen LogP contribution in [-0.2, 0) is 11.2 Å². The summed E-state index contributed by atoms with van der Waals surface area (Å²) >= 11 is 5.15. The number of carbonyl (C=O) groups is 1. The smallest absolute Gasteiger partial charge is 0.244 e. The lowest BCUT2D eigenvalue weighted by molar-refractivity contribution is -0.120. The molecule has 0 radical (unpaired) electrons. The molecule has 3 rings (SSSR count). The van der Waals surface area contributed by atoms with Crippen molar-refractivity contribution in [3.8, 4) is 0 Å². The van der Waals surface area contributed by atoms with Crippen LogP contribution >= 0.6 is 27.3 Å². The Kier molecular flexibility index (Phi) is 4.88. The number of fused-ring (bicyclic) bond motifs is 1. The predicted octanol–water partition coefficient (Wildman–Crippen LogP) is 4.67. The second kappa shape index (κ2) is 7.06. The van der Waals surface area contributed by atoms with E-state index >= 15 is 0 Å². The summed E-state index contributed by atoms with van der Waals surface area (Å²) in [5, 5.41) is 8.24. The molecule has 0 saturated carbocycles. The van der Waals surface area contributed by atoms with Crippen molar-refractivity contribution >= 4 is 50.2 Å². The minimum Gasteiger partial charge on any atom is -0.273 e. The third kappa shape index (κ3) is 3.68. The van der Waals surface area contributed by atoms with Gasteiger partial charge in [0.15, 0.2) is 0 Å². The number of halogens is 1. The Morgan fingerprint density at radius 1 is 1.22 bits per heavy atom.